The molecule has 0 aliphatic rings. The van der Waals surface area contributed by atoms with Crippen molar-refractivity contribution >= 4 is 22.4 Å². The Labute approximate surface area is 127 Å². The molecule has 0 aliphatic carbocycles. The van der Waals surface area contributed by atoms with Gasteiger partial charge in [0.25, 0.3) is 5.91 Å². The average Bonchev–Trinajstić information content (AvgIpc) is 2.90. The molecule has 6 nitrogen and oxygen atoms in total. The quantitative estimate of drug-likeness (QED) is 0.888. The van der Waals surface area contributed by atoms with E-state index in [9.17, 15) is 4.79 Å². The van der Waals surface area contributed by atoms with E-state index >= 15 is 0 Å². The Bertz CT molecular complexity index is 615. The predicted octanol–water partition coefficient (Wildman–Crippen LogP) is 2.65. The number of carbonyl (C=O) groups is 1. The molecule has 7 heteroatoms. The Morgan fingerprint density at radius 2 is 2.05 bits per heavy atom. The van der Waals surface area contributed by atoms with Crippen LogP contribution < -0.4 is 14.8 Å². The van der Waals surface area contributed by atoms with Crippen molar-refractivity contribution < 1.29 is 14.3 Å². The van der Waals surface area contributed by atoms with Crippen molar-refractivity contribution in [2.45, 2.75) is 26.4 Å². The van der Waals surface area contributed by atoms with E-state index in [1.807, 2.05) is 26.0 Å². The van der Waals surface area contributed by atoms with Gasteiger partial charge in [0.15, 0.2) is 17.6 Å². The van der Waals surface area contributed by atoms with E-state index in [-0.39, 0.29) is 5.91 Å². The SMILES string of the molecule is CC[C@H](Oc1ccccc1OC)C(=O)Nc1nnc(C)s1. The zero-order valence-corrected chi connectivity index (χ0v) is 12.9. The smallest absolute Gasteiger partial charge is 0.267 e. The van der Waals surface area contributed by atoms with Crippen LogP contribution in [0.2, 0.25) is 0 Å². The van der Waals surface area contributed by atoms with E-state index < -0.39 is 6.10 Å². The first kappa shape index (κ1) is 15.2. The molecule has 0 bridgehead atoms. The first-order chi connectivity index (χ1) is 10.1. The highest BCUT2D eigenvalue weighted by molar-refractivity contribution is 7.15. The molecule has 0 saturated carbocycles. The topological polar surface area (TPSA) is 73.3 Å². The third-order valence-corrected chi connectivity index (χ3v) is 3.51. The molecule has 0 spiro atoms. The lowest BCUT2D eigenvalue weighted by Crippen LogP contribution is -2.32. The highest BCUT2D eigenvalue weighted by Crippen LogP contribution is 2.27. The molecule has 1 heterocycles. The molecule has 112 valence electrons. The van der Waals surface area contributed by atoms with Crippen LogP contribution in [0.3, 0.4) is 0 Å². The summed E-state index contributed by atoms with van der Waals surface area (Å²) >= 11 is 1.32. The van der Waals surface area contributed by atoms with Gasteiger partial charge in [0.05, 0.1) is 7.11 Å². The van der Waals surface area contributed by atoms with Crippen LogP contribution in [-0.2, 0) is 4.79 Å². The molecule has 1 atom stereocenters. The third kappa shape index (κ3) is 3.91. The van der Waals surface area contributed by atoms with Crippen LogP contribution in [0, 0.1) is 6.92 Å². The van der Waals surface area contributed by atoms with Gasteiger partial charge in [-0.15, -0.1) is 10.2 Å². The minimum Gasteiger partial charge on any atom is -0.493 e. The molecule has 1 amide bonds. The fourth-order valence-corrected chi connectivity index (χ4v) is 2.32. The molecule has 2 rings (SSSR count). The van der Waals surface area contributed by atoms with Crippen molar-refractivity contribution in [1.82, 2.24) is 10.2 Å². The van der Waals surface area contributed by atoms with E-state index in [1.54, 1.807) is 19.2 Å². The number of nitrogens with one attached hydrogen (secondary N) is 1. The van der Waals surface area contributed by atoms with Gasteiger partial charge in [-0.05, 0) is 25.5 Å². The van der Waals surface area contributed by atoms with Gasteiger partial charge >= 0.3 is 0 Å². The monoisotopic (exact) mass is 307 g/mol. The highest BCUT2D eigenvalue weighted by atomic mass is 32.1. The maximum Gasteiger partial charge on any atom is 0.267 e. The van der Waals surface area contributed by atoms with Gasteiger partial charge in [0, 0.05) is 0 Å². The van der Waals surface area contributed by atoms with E-state index in [1.165, 1.54) is 11.3 Å². The van der Waals surface area contributed by atoms with E-state index in [2.05, 4.69) is 15.5 Å². The molecule has 21 heavy (non-hydrogen) atoms. The zero-order chi connectivity index (χ0) is 15.2. The average molecular weight is 307 g/mol. The number of rotatable bonds is 6. The molecule has 1 aromatic carbocycles. The Morgan fingerprint density at radius 1 is 1.33 bits per heavy atom. The van der Waals surface area contributed by atoms with Gasteiger partial charge in [0.2, 0.25) is 5.13 Å². The summed E-state index contributed by atoms with van der Waals surface area (Å²) < 4.78 is 11.0. The maximum atomic E-state index is 12.2. The summed E-state index contributed by atoms with van der Waals surface area (Å²) in [5.74, 6) is 0.880. The molecule has 0 unspecified atom stereocenters. The number of hydrogen-bond donors (Lipinski definition) is 1. The second kappa shape index (κ2) is 7.03. The predicted molar refractivity (Wildman–Crippen MR) is 81.0 cm³/mol. The van der Waals surface area contributed by atoms with Crippen molar-refractivity contribution in [2.75, 3.05) is 12.4 Å². The van der Waals surface area contributed by atoms with Crippen LogP contribution >= 0.6 is 11.3 Å². The van der Waals surface area contributed by atoms with E-state index in [4.69, 9.17) is 9.47 Å². The van der Waals surface area contributed by atoms with Crippen LogP contribution in [0.5, 0.6) is 11.5 Å². The van der Waals surface area contributed by atoms with Crippen molar-refractivity contribution in [3.8, 4) is 11.5 Å². The van der Waals surface area contributed by atoms with Crippen molar-refractivity contribution in [3.05, 3.63) is 29.3 Å². The van der Waals surface area contributed by atoms with Crippen molar-refractivity contribution in [2.24, 2.45) is 0 Å². The fraction of sp³-hybridized carbons (Fsp3) is 0.357. The Kier molecular flexibility index (Phi) is 5.10. The number of aromatic nitrogens is 2. The molecule has 2 aromatic rings. The molecule has 0 fully saturated rings. The Hall–Kier alpha value is -2.15. The number of methoxy groups -OCH3 is 1. The first-order valence-corrected chi connectivity index (χ1v) is 7.36. The summed E-state index contributed by atoms with van der Waals surface area (Å²) in [4.78, 5) is 12.2. The number of aryl methyl sites for hydroxylation is 1. The summed E-state index contributed by atoms with van der Waals surface area (Å²) in [7, 11) is 1.56. The second-order valence-corrected chi connectivity index (χ2v) is 5.46. The Morgan fingerprint density at radius 3 is 2.62 bits per heavy atom. The van der Waals surface area contributed by atoms with Crippen molar-refractivity contribution in [3.63, 3.8) is 0 Å². The Balaban J connectivity index is 2.06. The summed E-state index contributed by atoms with van der Waals surface area (Å²) in [6.07, 6.45) is -0.0905. The number of carbonyl (C=O) groups excluding carboxylic acids is 1. The van der Waals surface area contributed by atoms with Gasteiger partial charge in [-0.2, -0.15) is 0 Å². The molecule has 0 radical (unpaired) electrons. The minimum atomic E-state index is -0.620. The number of nitrogens with zero attached hydrogens (tertiary/aromatic N) is 2. The molecular formula is C14H17N3O3S. The summed E-state index contributed by atoms with van der Waals surface area (Å²) in [5.41, 5.74) is 0. The zero-order valence-electron chi connectivity index (χ0n) is 12.1. The van der Waals surface area contributed by atoms with Gasteiger partial charge in [-0.1, -0.05) is 30.4 Å². The molecular weight excluding hydrogens is 290 g/mol. The third-order valence-electron chi connectivity index (χ3n) is 2.76. The van der Waals surface area contributed by atoms with E-state index in [0.717, 1.165) is 5.01 Å². The summed E-state index contributed by atoms with van der Waals surface area (Å²) in [6.45, 7) is 3.71. The van der Waals surface area contributed by atoms with Gasteiger partial charge < -0.3 is 9.47 Å². The normalized spacial score (nSPS) is 11.8. The fourth-order valence-electron chi connectivity index (χ4n) is 1.72. The summed E-state index contributed by atoms with van der Waals surface area (Å²) in [6, 6.07) is 7.23. The second-order valence-electron chi connectivity index (χ2n) is 4.28. The lowest BCUT2D eigenvalue weighted by Gasteiger charge is -2.17. The first-order valence-electron chi connectivity index (χ1n) is 6.54. The standard InChI is InChI=1S/C14H17N3O3S/c1-4-10(13(18)15-14-17-16-9(2)21-14)20-12-8-6-5-7-11(12)19-3/h5-8,10H,4H2,1-3H3,(H,15,17,18)/t10-/m0/s1. The minimum absolute atomic E-state index is 0.250. The summed E-state index contributed by atoms with van der Waals surface area (Å²) in [5, 5.41) is 11.7. The number of benzene rings is 1. The van der Waals surface area contributed by atoms with E-state index in [0.29, 0.717) is 23.1 Å². The van der Waals surface area contributed by atoms with Crippen LogP contribution in [0.1, 0.15) is 18.4 Å². The van der Waals surface area contributed by atoms with Gasteiger partial charge in [-0.25, -0.2) is 0 Å². The number of anilines is 1. The molecule has 1 N–H and O–H groups in total. The molecule has 0 aliphatic heterocycles. The largest absolute Gasteiger partial charge is 0.493 e. The van der Waals surface area contributed by atoms with Gasteiger partial charge in [-0.3, -0.25) is 10.1 Å². The van der Waals surface area contributed by atoms with Gasteiger partial charge in [0.1, 0.15) is 5.01 Å². The molecule has 0 saturated heterocycles. The van der Waals surface area contributed by atoms with Crippen molar-refractivity contribution in [1.29, 1.82) is 0 Å². The van der Waals surface area contributed by atoms with Crippen LogP contribution in [0.4, 0.5) is 5.13 Å². The lowest BCUT2D eigenvalue weighted by molar-refractivity contribution is -0.122. The lowest BCUT2D eigenvalue weighted by atomic mass is 10.2. The maximum absolute atomic E-state index is 12.2. The number of para-hydroxylation sites is 2. The molecule has 1 aromatic heterocycles. The van der Waals surface area contributed by atoms with Crippen LogP contribution in [0.15, 0.2) is 24.3 Å². The van der Waals surface area contributed by atoms with Crippen LogP contribution in [-0.4, -0.2) is 29.3 Å². The highest BCUT2D eigenvalue weighted by Gasteiger charge is 2.21. The number of hydrogen-bond acceptors (Lipinski definition) is 6. The number of amides is 1. The van der Waals surface area contributed by atoms with Crippen LogP contribution in [0.25, 0.3) is 0 Å². The number of ether oxygens (including phenoxy) is 2.